The van der Waals surface area contributed by atoms with E-state index in [2.05, 4.69) is 92.6 Å². The molecular formula is C22H16Br2. The summed E-state index contributed by atoms with van der Waals surface area (Å²) in [5.74, 6) is 0. The Labute approximate surface area is 159 Å². The zero-order valence-corrected chi connectivity index (χ0v) is 16.2. The molecule has 0 saturated carbocycles. The monoisotopic (exact) mass is 438 g/mol. The van der Waals surface area contributed by atoms with E-state index in [-0.39, 0.29) is 0 Å². The standard InChI is InChI=1S/C22H16Br2/c23-21-16-20(14-12-18-9-5-2-6-10-18)22(24)15-19(21)13-11-17-7-3-1-4-8-17/h1-16H. The normalized spacial score (nSPS) is 11.4. The number of hydrogen-bond donors (Lipinski definition) is 0. The molecule has 0 saturated heterocycles. The van der Waals surface area contributed by atoms with Crippen molar-refractivity contribution in [3.63, 3.8) is 0 Å². The van der Waals surface area contributed by atoms with Gasteiger partial charge in [0.2, 0.25) is 0 Å². The van der Waals surface area contributed by atoms with Crippen molar-refractivity contribution < 1.29 is 0 Å². The summed E-state index contributed by atoms with van der Waals surface area (Å²) in [6, 6.07) is 24.9. The first-order chi connectivity index (χ1) is 11.7. The molecule has 0 unspecified atom stereocenters. The number of benzene rings is 3. The van der Waals surface area contributed by atoms with Gasteiger partial charge in [0, 0.05) is 8.95 Å². The molecule has 0 spiro atoms. The third-order valence-electron chi connectivity index (χ3n) is 3.63. The lowest BCUT2D eigenvalue weighted by Gasteiger charge is -2.05. The van der Waals surface area contributed by atoms with Gasteiger partial charge in [0.15, 0.2) is 0 Å². The van der Waals surface area contributed by atoms with Crippen LogP contribution in [0.2, 0.25) is 0 Å². The van der Waals surface area contributed by atoms with Crippen molar-refractivity contribution >= 4 is 56.2 Å². The van der Waals surface area contributed by atoms with Gasteiger partial charge in [-0.3, -0.25) is 0 Å². The fourth-order valence-corrected chi connectivity index (χ4v) is 3.32. The minimum Gasteiger partial charge on any atom is -0.0622 e. The van der Waals surface area contributed by atoms with E-state index in [0.29, 0.717) is 0 Å². The molecule has 0 fully saturated rings. The molecule has 3 aromatic carbocycles. The van der Waals surface area contributed by atoms with E-state index in [1.807, 2.05) is 36.4 Å². The largest absolute Gasteiger partial charge is 0.0622 e. The average Bonchev–Trinajstić information content (AvgIpc) is 2.62. The Morgan fingerprint density at radius 2 is 0.875 bits per heavy atom. The van der Waals surface area contributed by atoms with Crippen molar-refractivity contribution in [3.8, 4) is 0 Å². The predicted octanol–water partition coefficient (Wildman–Crippen LogP) is 7.55. The van der Waals surface area contributed by atoms with E-state index in [4.69, 9.17) is 0 Å². The SMILES string of the molecule is Brc1cc(C=Cc2ccccc2)c(Br)cc1C=Cc1ccccc1. The first-order valence-electron chi connectivity index (χ1n) is 7.68. The zero-order chi connectivity index (χ0) is 16.8. The van der Waals surface area contributed by atoms with Crippen LogP contribution in [-0.2, 0) is 0 Å². The lowest BCUT2D eigenvalue weighted by atomic mass is 10.1. The summed E-state index contributed by atoms with van der Waals surface area (Å²) < 4.78 is 2.15. The van der Waals surface area contributed by atoms with Crippen molar-refractivity contribution in [2.75, 3.05) is 0 Å². The highest BCUT2D eigenvalue weighted by molar-refractivity contribution is 9.11. The number of halogens is 2. The van der Waals surface area contributed by atoms with E-state index >= 15 is 0 Å². The summed E-state index contributed by atoms with van der Waals surface area (Å²) >= 11 is 7.35. The Balaban J connectivity index is 1.83. The minimum absolute atomic E-state index is 1.07. The molecule has 0 heterocycles. The molecule has 2 heteroatoms. The molecule has 0 aliphatic carbocycles. The van der Waals surface area contributed by atoms with E-state index in [0.717, 1.165) is 20.1 Å². The third-order valence-corrected chi connectivity index (χ3v) is 5.00. The Bertz CT molecular complexity index is 788. The quantitative estimate of drug-likeness (QED) is 0.368. The minimum atomic E-state index is 1.07. The van der Waals surface area contributed by atoms with Crippen molar-refractivity contribution in [2.45, 2.75) is 0 Å². The van der Waals surface area contributed by atoms with Crippen LogP contribution in [0.25, 0.3) is 24.3 Å². The lowest BCUT2D eigenvalue weighted by molar-refractivity contribution is 1.53. The van der Waals surface area contributed by atoms with E-state index < -0.39 is 0 Å². The molecule has 0 aliphatic rings. The summed E-state index contributed by atoms with van der Waals surface area (Å²) in [6.45, 7) is 0. The first-order valence-corrected chi connectivity index (χ1v) is 9.26. The van der Waals surface area contributed by atoms with Gasteiger partial charge in [-0.15, -0.1) is 0 Å². The molecule has 3 rings (SSSR count). The average molecular weight is 440 g/mol. The molecular weight excluding hydrogens is 424 g/mol. The highest BCUT2D eigenvalue weighted by Gasteiger charge is 2.03. The molecule has 118 valence electrons. The molecule has 0 atom stereocenters. The van der Waals surface area contributed by atoms with E-state index in [1.165, 1.54) is 11.1 Å². The van der Waals surface area contributed by atoms with Crippen LogP contribution >= 0.6 is 31.9 Å². The maximum absolute atomic E-state index is 3.68. The Hall–Kier alpha value is -1.90. The van der Waals surface area contributed by atoms with Crippen LogP contribution in [0, 0.1) is 0 Å². The molecule has 0 nitrogen and oxygen atoms in total. The van der Waals surface area contributed by atoms with Gasteiger partial charge in [0.1, 0.15) is 0 Å². The molecule has 3 aromatic rings. The Morgan fingerprint density at radius 3 is 1.25 bits per heavy atom. The van der Waals surface area contributed by atoms with Crippen molar-refractivity contribution in [1.29, 1.82) is 0 Å². The van der Waals surface area contributed by atoms with Crippen LogP contribution in [0.4, 0.5) is 0 Å². The first kappa shape index (κ1) is 16.9. The summed E-state index contributed by atoms with van der Waals surface area (Å²) in [5, 5.41) is 0. The van der Waals surface area contributed by atoms with Crippen molar-refractivity contribution in [3.05, 3.63) is 104 Å². The molecule has 0 bridgehead atoms. The Morgan fingerprint density at radius 1 is 0.500 bits per heavy atom. The van der Waals surface area contributed by atoms with Crippen LogP contribution in [0.5, 0.6) is 0 Å². The molecule has 0 aliphatic heterocycles. The van der Waals surface area contributed by atoms with Crippen LogP contribution in [-0.4, -0.2) is 0 Å². The fourth-order valence-electron chi connectivity index (χ4n) is 2.33. The maximum Gasteiger partial charge on any atom is 0.0254 e. The molecule has 0 radical (unpaired) electrons. The third kappa shape index (κ3) is 4.56. The highest BCUT2D eigenvalue weighted by atomic mass is 79.9. The summed E-state index contributed by atoms with van der Waals surface area (Å²) in [7, 11) is 0. The summed E-state index contributed by atoms with van der Waals surface area (Å²) in [6.07, 6.45) is 8.47. The van der Waals surface area contributed by atoms with Gasteiger partial charge >= 0.3 is 0 Å². The van der Waals surface area contributed by atoms with Gasteiger partial charge in [-0.05, 0) is 34.4 Å². The van der Waals surface area contributed by atoms with Gasteiger partial charge < -0.3 is 0 Å². The van der Waals surface area contributed by atoms with Gasteiger partial charge in [0.25, 0.3) is 0 Å². The summed E-state index contributed by atoms with van der Waals surface area (Å²) in [5.41, 5.74) is 4.66. The second kappa shape index (κ2) is 8.27. The topological polar surface area (TPSA) is 0 Å². The van der Waals surface area contributed by atoms with Crippen LogP contribution in [0.15, 0.2) is 81.7 Å². The van der Waals surface area contributed by atoms with Gasteiger partial charge in [-0.25, -0.2) is 0 Å². The second-order valence-electron chi connectivity index (χ2n) is 5.38. The smallest absolute Gasteiger partial charge is 0.0254 e. The number of rotatable bonds is 4. The van der Waals surface area contributed by atoms with Crippen LogP contribution in [0.3, 0.4) is 0 Å². The van der Waals surface area contributed by atoms with E-state index in [1.54, 1.807) is 0 Å². The fraction of sp³-hybridized carbons (Fsp3) is 0. The maximum atomic E-state index is 3.68. The van der Waals surface area contributed by atoms with Crippen molar-refractivity contribution in [1.82, 2.24) is 0 Å². The van der Waals surface area contributed by atoms with E-state index in [9.17, 15) is 0 Å². The van der Waals surface area contributed by atoms with Crippen LogP contribution < -0.4 is 0 Å². The summed E-state index contributed by atoms with van der Waals surface area (Å²) in [4.78, 5) is 0. The lowest BCUT2D eigenvalue weighted by Crippen LogP contribution is -1.82. The molecule has 0 N–H and O–H groups in total. The van der Waals surface area contributed by atoms with Crippen molar-refractivity contribution in [2.24, 2.45) is 0 Å². The highest BCUT2D eigenvalue weighted by Crippen LogP contribution is 2.29. The van der Waals surface area contributed by atoms with Gasteiger partial charge in [0.05, 0.1) is 0 Å². The zero-order valence-electron chi connectivity index (χ0n) is 13.0. The van der Waals surface area contributed by atoms with Crippen LogP contribution in [0.1, 0.15) is 22.3 Å². The van der Waals surface area contributed by atoms with Gasteiger partial charge in [-0.2, -0.15) is 0 Å². The number of hydrogen-bond acceptors (Lipinski definition) is 0. The Kier molecular flexibility index (Phi) is 5.84. The molecule has 0 amide bonds. The molecule has 0 aromatic heterocycles. The second-order valence-corrected chi connectivity index (χ2v) is 7.09. The predicted molar refractivity (Wildman–Crippen MR) is 113 cm³/mol. The van der Waals surface area contributed by atoms with Gasteiger partial charge in [-0.1, -0.05) is 117 Å². The molecule has 24 heavy (non-hydrogen) atoms.